The van der Waals surface area contributed by atoms with E-state index in [0.717, 1.165) is 27.9 Å². The van der Waals surface area contributed by atoms with Crippen molar-refractivity contribution in [3.8, 4) is 0 Å². The van der Waals surface area contributed by atoms with Gasteiger partial charge in [-0.3, -0.25) is 9.59 Å². The molecule has 0 spiro atoms. The van der Waals surface area contributed by atoms with Crippen LogP contribution < -0.4 is 5.32 Å². The van der Waals surface area contributed by atoms with Gasteiger partial charge < -0.3 is 10.2 Å². The summed E-state index contributed by atoms with van der Waals surface area (Å²) in [5.74, 6) is 0.418. The summed E-state index contributed by atoms with van der Waals surface area (Å²) >= 11 is 7.58. The molecule has 0 saturated carbocycles. The van der Waals surface area contributed by atoms with Gasteiger partial charge in [-0.05, 0) is 60.9 Å². The molecule has 31 heavy (non-hydrogen) atoms. The SMILES string of the molecule is Cc1ccc(NC(=O)c2ccc([C@H]3SCC(=O)N3Cc3ccc(Cl)cc3)cc2)c(C)c1. The summed E-state index contributed by atoms with van der Waals surface area (Å²) in [5.41, 5.74) is 5.63. The van der Waals surface area contributed by atoms with Crippen LogP contribution in [0.4, 0.5) is 5.69 Å². The van der Waals surface area contributed by atoms with Crippen molar-refractivity contribution in [2.75, 3.05) is 11.1 Å². The van der Waals surface area contributed by atoms with Crippen molar-refractivity contribution >= 4 is 40.9 Å². The summed E-state index contributed by atoms with van der Waals surface area (Å²) in [5, 5.41) is 3.58. The first kappa shape index (κ1) is 21.5. The summed E-state index contributed by atoms with van der Waals surface area (Å²) < 4.78 is 0. The van der Waals surface area contributed by atoms with Gasteiger partial charge in [0.2, 0.25) is 5.91 Å². The van der Waals surface area contributed by atoms with E-state index in [4.69, 9.17) is 11.6 Å². The van der Waals surface area contributed by atoms with Crippen molar-refractivity contribution in [1.29, 1.82) is 0 Å². The molecule has 0 radical (unpaired) electrons. The third kappa shape index (κ3) is 4.94. The fourth-order valence-electron chi connectivity index (χ4n) is 3.64. The molecule has 1 N–H and O–H groups in total. The number of hydrogen-bond acceptors (Lipinski definition) is 3. The number of nitrogens with zero attached hydrogens (tertiary/aromatic N) is 1. The number of halogens is 1. The average Bonchev–Trinajstić information content (AvgIpc) is 3.12. The molecule has 1 aliphatic heterocycles. The van der Waals surface area contributed by atoms with E-state index in [9.17, 15) is 9.59 Å². The summed E-state index contributed by atoms with van der Waals surface area (Å²) in [4.78, 5) is 27.0. The highest BCUT2D eigenvalue weighted by atomic mass is 35.5. The summed E-state index contributed by atoms with van der Waals surface area (Å²) in [7, 11) is 0. The molecule has 158 valence electrons. The molecule has 0 aromatic heterocycles. The normalized spacial score (nSPS) is 15.9. The molecule has 1 aliphatic rings. The lowest BCUT2D eigenvalue weighted by molar-refractivity contribution is -0.128. The van der Waals surface area contributed by atoms with Crippen LogP contribution in [0.3, 0.4) is 0 Å². The van der Waals surface area contributed by atoms with Crippen LogP contribution in [-0.4, -0.2) is 22.5 Å². The smallest absolute Gasteiger partial charge is 0.255 e. The van der Waals surface area contributed by atoms with E-state index in [1.54, 1.807) is 11.8 Å². The van der Waals surface area contributed by atoms with Crippen molar-refractivity contribution in [1.82, 2.24) is 4.90 Å². The highest BCUT2D eigenvalue weighted by Gasteiger charge is 2.32. The van der Waals surface area contributed by atoms with E-state index in [1.807, 2.05) is 85.5 Å². The first-order chi connectivity index (χ1) is 14.9. The lowest BCUT2D eigenvalue weighted by Gasteiger charge is -2.24. The Kier molecular flexibility index (Phi) is 6.35. The minimum Gasteiger partial charge on any atom is -0.322 e. The fourth-order valence-corrected chi connectivity index (χ4v) is 4.95. The van der Waals surface area contributed by atoms with Gasteiger partial charge in [0.1, 0.15) is 5.37 Å². The number of aryl methyl sites for hydroxylation is 2. The first-order valence-corrected chi connectivity index (χ1v) is 11.5. The van der Waals surface area contributed by atoms with Crippen molar-refractivity contribution in [3.05, 3.63) is 99.6 Å². The van der Waals surface area contributed by atoms with Gasteiger partial charge >= 0.3 is 0 Å². The molecular weight excluding hydrogens is 428 g/mol. The van der Waals surface area contributed by atoms with E-state index >= 15 is 0 Å². The van der Waals surface area contributed by atoms with Gasteiger partial charge in [-0.1, -0.05) is 53.6 Å². The summed E-state index contributed by atoms with van der Waals surface area (Å²) in [6.07, 6.45) is 0. The molecule has 3 aromatic rings. The van der Waals surface area contributed by atoms with Crippen molar-refractivity contribution < 1.29 is 9.59 Å². The zero-order chi connectivity index (χ0) is 22.0. The van der Waals surface area contributed by atoms with Crippen LogP contribution in [0.15, 0.2) is 66.7 Å². The van der Waals surface area contributed by atoms with Crippen LogP contribution in [0.25, 0.3) is 0 Å². The van der Waals surface area contributed by atoms with Gasteiger partial charge in [-0.25, -0.2) is 0 Å². The second-order valence-corrected chi connectivity index (χ2v) is 9.21. The monoisotopic (exact) mass is 450 g/mol. The second kappa shape index (κ2) is 9.16. The molecule has 0 unspecified atom stereocenters. The van der Waals surface area contributed by atoms with E-state index in [1.165, 1.54) is 0 Å². The molecule has 1 heterocycles. The number of carbonyl (C=O) groups is 2. The Morgan fingerprint density at radius 1 is 1.06 bits per heavy atom. The van der Waals surface area contributed by atoms with Crippen LogP contribution in [-0.2, 0) is 11.3 Å². The van der Waals surface area contributed by atoms with Crippen molar-refractivity contribution in [3.63, 3.8) is 0 Å². The van der Waals surface area contributed by atoms with Gasteiger partial charge in [0, 0.05) is 22.8 Å². The predicted octanol–water partition coefficient (Wildman–Crippen LogP) is 5.98. The maximum Gasteiger partial charge on any atom is 0.255 e. The Morgan fingerprint density at radius 2 is 1.77 bits per heavy atom. The largest absolute Gasteiger partial charge is 0.322 e. The average molecular weight is 451 g/mol. The lowest BCUT2D eigenvalue weighted by Crippen LogP contribution is -2.27. The summed E-state index contributed by atoms with van der Waals surface area (Å²) in [6.45, 7) is 4.54. The highest BCUT2D eigenvalue weighted by Crippen LogP contribution is 2.39. The number of carbonyl (C=O) groups excluding carboxylic acids is 2. The highest BCUT2D eigenvalue weighted by molar-refractivity contribution is 8.00. The fraction of sp³-hybridized carbons (Fsp3) is 0.200. The molecule has 4 rings (SSSR count). The number of hydrogen-bond donors (Lipinski definition) is 1. The lowest BCUT2D eigenvalue weighted by atomic mass is 10.1. The van der Waals surface area contributed by atoms with Crippen molar-refractivity contribution in [2.45, 2.75) is 25.8 Å². The van der Waals surface area contributed by atoms with Crippen molar-refractivity contribution in [2.24, 2.45) is 0 Å². The third-order valence-corrected chi connectivity index (χ3v) is 6.83. The van der Waals surface area contributed by atoms with Crippen LogP contribution in [0.5, 0.6) is 0 Å². The Morgan fingerprint density at radius 3 is 2.45 bits per heavy atom. The number of rotatable bonds is 5. The number of anilines is 1. The number of thioether (sulfide) groups is 1. The van der Waals surface area contributed by atoms with Gasteiger partial charge in [-0.15, -0.1) is 11.8 Å². The van der Waals surface area contributed by atoms with Crippen LogP contribution >= 0.6 is 23.4 Å². The quantitative estimate of drug-likeness (QED) is 0.519. The minimum atomic E-state index is -0.147. The van der Waals surface area contributed by atoms with Crippen LogP contribution in [0.1, 0.15) is 38.0 Å². The van der Waals surface area contributed by atoms with Gasteiger partial charge in [-0.2, -0.15) is 0 Å². The molecule has 3 aromatic carbocycles. The molecule has 1 atom stereocenters. The molecule has 0 bridgehead atoms. The van der Waals surface area contributed by atoms with E-state index < -0.39 is 0 Å². The topological polar surface area (TPSA) is 49.4 Å². The van der Waals surface area contributed by atoms with E-state index in [0.29, 0.717) is 22.9 Å². The van der Waals surface area contributed by atoms with Crippen LogP contribution in [0, 0.1) is 13.8 Å². The number of benzene rings is 3. The van der Waals surface area contributed by atoms with Crippen LogP contribution in [0.2, 0.25) is 5.02 Å². The maximum absolute atomic E-state index is 12.7. The number of nitrogens with one attached hydrogen (secondary N) is 1. The molecule has 1 saturated heterocycles. The molecule has 4 nitrogen and oxygen atoms in total. The Hall–Kier alpha value is -2.76. The zero-order valence-corrected chi connectivity index (χ0v) is 19.0. The predicted molar refractivity (Wildman–Crippen MR) is 128 cm³/mol. The zero-order valence-electron chi connectivity index (χ0n) is 17.4. The Labute approximate surface area is 191 Å². The standard InChI is InChI=1S/C25H23ClN2O2S/c1-16-3-12-22(17(2)13-16)27-24(30)19-6-8-20(9-7-19)25-28(23(29)15-31-25)14-18-4-10-21(26)11-5-18/h3-13,25H,14-15H2,1-2H3,(H,27,30)/t25-/m1/s1. The van der Waals surface area contributed by atoms with E-state index in [2.05, 4.69) is 5.32 Å². The Bertz CT molecular complexity index is 1110. The van der Waals surface area contributed by atoms with Gasteiger partial charge in [0.05, 0.1) is 5.75 Å². The molecular formula is C25H23ClN2O2S. The van der Waals surface area contributed by atoms with E-state index in [-0.39, 0.29) is 17.2 Å². The Balaban J connectivity index is 1.48. The molecule has 0 aliphatic carbocycles. The third-order valence-electron chi connectivity index (χ3n) is 5.32. The molecule has 2 amide bonds. The second-order valence-electron chi connectivity index (χ2n) is 7.71. The van der Waals surface area contributed by atoms with Gasteiger partial charge in [0.25, 0.3) is 5.91 Å². The summed E-state index contributed by atoms with van der Waals surface area (Å²) in [6, 6.07) is 21.0. The minimum absolute atomic E-state index is 0.0698. The molecule has 6 heteroatoms. The first-order valence-electron chi connectivity index (χ1n) is 10.0. The molecule has 1 fully saturated rings. The van der Waals surface area contributed by atoms with Gasteiger partial charge in [0.15, 0.2) is 0 Å². The maximum atomic E-state index is 12.7. The number of amides is 2.